The highest BCUT2D eigenvalue weighted by Crippen LogP contribution is 2.32. The second-order valence-corrected chi connectivity index (χ2v) is 5.92. The molecule has 0 fully saturated rings. The van der Waals surface area contributed by atoms with Gasteiger partial charge in [-0.3, -0.25) is 9.36 Å². The van der Waals surface area contributed by atoms with Gasteiger partial charge in [0.25, 0.3) is 5.56 Å². The molecule has 0 radical (unpaired) electrons. The van der Waals surface area contributed by atoms with E-state index >= 15 is 0 Å². The van der Waals surface area contributed by atoms with Crippen LogP contribution in [0.4, 0.5) is 0 Å². The Hall–Kier alpha value is -3.91. The van der Waals surface area contributed by atoms with E-state index in [0.717, 1.165) is 4.57 Å². The molecule has 1 aromatic carbocycles. The highest BCUT2D eigenvalue weighted by Gasteiger charge is 2.17. The van der Waals surface area contributed by atoms with Crippen molar-refractivity contribution in [3.05, 3.63) is 50.4 Å². The SMILES string of the molecule is C#CCn1c(=O)c2c(nc(C#Cc3ccc4c(c3)OCO4)n2C)n(C)c1=O. The Labute approximate surface area is 153 Å². The van der Waals surface area contributed by atoms with Crippen molar-refractivity contribution in [2.75, 3.05) is 6.79 Å². The Morgan fingerprint density at radius 2 is 1.93 bits per heavy atom. The molecule has 0 N–H and O–H groups in total. The monoisotopic (exact) mass is 362 g/mol. The minimum Gasteiger partial charge on any atom is -0.454 e. The molecule has 0 spiro atoms. The second-order valence-electron chi connectivity index (χ2n) is 5.92. The van der Waals surface area contributed by atoms with Crippen LogP contribution in [0.1, 0.15) is 11.4 Å². The van der Waals surface area contributed by atoms with Gasteiger partial charge in [0.1, 0.15) is 0 Å². The first-order valence-electron chi connectivity index (χ1n) is 8.02. The van der Waals surface area contributed by atoms with Crippen molar-refractivity contribution in [1.82, 2.24) is 18.7 Å². The highest BCUT2D eigenvalue weighted by molar-refractivity contribution is 5.72. The fourth-order valence-corrected chi connectivity index (χ4v) is 2.89. The standard InChI is InChI=1S/C19H14N4O4/c1-4-9-23-18(24)16-17(22(3)19(23)25)20-15(21(16)2)8-6-12-5-7-13-14(10-12)27-11-26-13/h1,5,7,10H,9,11H2,2-3H3. The highest BCUT2D eigenvalue weighted by atomic mass is 16.7. The maximum absolute atomic E-state index is 12.6. The normalized spacial score (nSPS) is 11.9. The van der Waals surface area contributed by atoms with Crippen LogP contribution >= 0.6 is 0 Å². The van der Waals surface area contributed by atoms with Gasteiger partial charge in [-0.2, -0.15) is 0 Å². The number of aryl methyl sites for hydroxylation is 2. The zero-order valence-corrected chi connectivity index (χ0v) is 14.6. The molecule has 0 unspecified atom stereocenters. The van der Waals surface area contributed by atoms with Gasteiger partial charge in [-0.1, -0.05) is 11.8 Å². The summed E-state index contributed by atoms with van der Waals surface area (Å²) in [5, 5.41) is 0. The van der Waals surface area contributed by atoms with Crippen LogP contribution in [0, 0.1) is 24.2 Å². The minimum absolute atomic E-state index is 0.106. The summed E-state index contributed by atoms with van der Waals surface area (Å²) in [6, 6.07) is 5.36. The maximum atomic E-state index is 12.6. The Morgan fingerprint density at radius 1 is 1.15 bits per heavy atom. The quantitative estimate of drug-likeness (QED) is 0.578. The first kappa shape index (κ1) is 16.6. The Kier molecular flexibility index (Phi) is 3.75. The smallest absolute Gasteiger partial charge is 0.333 e. The fraction of sp³-hybridized carbons (Fsp3) is 0.211. The molecule has 27 heavy (non-hydrogen) atoms. The van der Waals surface area contributed by atoms with Gasteiger partial charge in [0, 0.05) is 19.7 Å². The summed E-state index contributed by atoms with van der Waals surface area (Å²) in [5.41, 5.74) is 0.235. The molecular weight excluding hydrogens is 348 g/mol. The maximum Gasteiger partial charge on any atom is 0.333 e. The molecule has 1 aliphatic heterocycles. The van der Waals surface area contributed by atoms with Crippen LogP contribution in [0.2, 0.25) is 0 Å². The van der Waals surface area contributed by atoms with E-state index in [1.54, 1.807) is 36.9 Å². The first-order valence-corrected chi connectivity index (χ1v) is 8.02. The van der Waals surface area contributed by atoms with Gasteiger partial charge in [-0.05, 0) is 24.1 Å². The summed E-state index contributed by atoms with van der Waals surface area (Å²) in [5.74, 6) is 9.91. The zero-order chi connectivity index (χ0) is 19.1. The van der Waals surface area contributed by atoms with Crippen LogP contribution in [0.3, 0.4) is 0 Å². The predicted octanol–water partition coefficient (Wildman–Crippen LogP) is 0.195. The molecule has 0 saturated heterocycles. The Bertz CT molecular complexity index is 1310. The minimum atomic E-state index is -0.515. The lowest BCUT2D eigenvalue weighted by molar-refractivity contribution is 0.174. The van der Waals surface area contributed by atoms with Gasteiger partial charge in [0.2, 0.25) is 6.79 Å². The number of fused-ring (bicyclic) bond motifs is 2. The summed E-state index contributed by atoms with van der Waals surface area (Å²) in [7, 11) is 3.21. The molecule has 0 bridgehead atoms. The third-order valence-electron chi connectivity index (χ3n) is 4.30. The van der Waals surface area contributed by atoms with Crippen LogP contribution in [0.25, 0.3) is 11.2 Å². The van der Waals surface area contributed by atoms with E-state index in [2.05, 4.69) is 22.7 Å². The summed E-state index contributed by atoms with van der Waals surface area (Å²) in [4.78, 5) is 29.3. The molecule has 8 heteroatoms. The van der Waals surface area contributed by atoms with Crippen LogP contribution in [-0.4, -0.2) is 25.5 Å². The average molecular weight is 362 g/mol. The average Bonchev–Trinajstić information content (AvgIpc) is 3.26. The largest absolute Gasteiger partial charge is 0.454 e. The van der Waals surface area contributed by atoms with Crippen LogP contribution in [0.5, 0.6) is 11.5 Å². The number of terminal acetylenes is 1. The molecule has 0 amide bonds. The van der Waals surface area contributed by atoms with E-state index in [-0.39, 0.29) is 24.5 Å². The van der Waals surface area contributed by atoms with E-state index in [1.165, 1.54) is 4.57 Å². The van der Waals surface area contributed by atoms with Crippen molar-refractivity contribution in [3.63, 3.8) is 0 Å². The van der Waals surface area contributed by atoms with Crippen molar-refractivity contribution in [1.29, 1.82) is 0 Å². The van der Waals surface area contributed by atoms with Crippen molar-refractivity contribution < 1.29 is 9.47 Å². The van der Waals surface area contributed by atoms with E-state index in [4.69, 9.17) is 15.9 Å². The fourth-order valence-electron chi connectivity index (χ4n) is 2.89. The number of nitrogens with zero attached hydrogens (tertiary/aromatic N) is 4. The topological polar surface area (TPSA) is 80.3 Å². The van der Waals surface area contributed by atoms with E-state index in [1.807, 2.05) is 0 Å². The van der Waals surface area contributed by atoms with E-state index in [0.29, 0.717) is 22.9 Å². The van der Waals surface area contributed by atoms with Crippen LogP contribution < -0.4 is 20.7 Å². The van der Waals surface area contributed by atoms with E-state index < -0.39 is 11.2 Å². The summed E-state index contributed by atoms with van der Waals surface area (Å²) >= 11 is 0. The van der Waals surface area contributed by atoms with Crippen molar-refractivity contribution in [2.24, 2.45) is 14.1 Å². The molecule has 0 saturated carbocycles. The summed E-state index contributed by atoms with van der Waals surface area (Å²) in [6.45, 7) is 0.0831. The van der Waals surface area contributed by atoms with Gasteiger partial charge in [0.05, 0.1) is 6.54 Å². The van der Waals surface area contributed by atoms with Gasteiger partial charge < -0.3 is 14.0 Å². The Balaban J connectivity index is 1.85. The lowest BCUT2D eigenvalue weighted by Crippen LogP contribution is -2.39. The van der Waals surface area contributed by atoms with Gasteiger partial charge in [-0.15, -0.1) is 6.42 Å². The lowest BCUT2D eigenvalue weighted by atomic mass is 10.2. The summed E-state index contributed by atoms with van der Waals surface area (Å²) in [6.07, 6.45) is 5.26. The first-order chi connectivity index (χ1) is 13.0. The molecule has 0 aliphatic carbocycles. The summed E-state index contributed by atoms with van der Waals surface area (Å²) < 4.78 is 14.5. The van der Waals surface area contributed by atoms with Crippen molar-refractivity contribution >= 4 is 11.2 Å². The zero-order valence-electron chi connectivity index (χ0n) is 14.6. The number of rotatable bonds is 1. The Morgan fingerprint density at radius 3 is 2.70 bits per heavy atom. The van der Waals surface area contributed by atoms with Gasteiger partial charge in [0.15, 0.2) is 28.5 Å². The number of benzene rings is 1. The van der Waals surface area contributed by atoms with Crippen LogP contribution in [-0.2, 0) is 20.6 Å². The number of aromatic nitrogens is 4. The number of imidazole rings is 1. The molecule has 4 rings (SSSR count). The van der Waals surface area contributed by atoms with Gasteiger partial charge in [-0.25, -0.2) is 14.3 Å². The van der Waals surface area contributed by atoms with Gasteiger partial charge >= 0.3 is 5.69 Å². The lowest BCUT2D eigenvalue weighted by Gasteiger charge is -2.05. The van der Waals surface area contributed by atoms with Crippen molar-refractivity contribution in [2.45, 2.75) is 6.54 Å². The molecule has 1 aliphatic rings. The van der Waals surface area contributed by atoms with E-state index in [9.17, 15) is 9.59 Å². The molecule has 134 valence electrons. The molecule has 3 aromatic rings. The molecule has 3 heterocycles. The predicted molar refractivity (Wildman–Crippen MR) is 97.6 cm³/mol. The number of hydrogen-bond donors (Lipinski definition) is 0. The second kappa shape index (κ2) is 6.11. The third-order valence-corrected chi connectivity index (χ3v) is 4.30. The van der Waals surface area contributed by atoms with Crippen molar-refractivity contribution in [3.8, 4) is 35.7 Å². The molecule has 2 aromatic heterocycles. The number of hydrogen-bond acceptors (Lipinski definition) is 5. The third kappa shape index (κ3) is 2.55. The number of ether oxygens (including phenoxy) is 2. The molecule has 0 atom stereocenters. The molecular formula is C19H14N4O4. The van der Waals surface area contributed by atoms with Crippen LogP contribution in [0.15, 0.2) is 27.8 Å². The molecule has 8 nitrogen and oxygen atoms in total.